The topological polar surface area (TPSA) is 0 Å². The van der Waals surface area contributed by atoms with Crippen molar-refractivity contribution in [1.82, 2.24) is 0 Å². The van der Waals surface area contributed by atoms with Crippen molar-refractivity contribution < 1.29 is 4.39 Å². The Morgan fingerprint density at radius 2 is 2.12 bits per heavy atom. The maximum Gasteiger partial charge on any atom is 0.0973 e. The Balaban J connectivity index is 2.72. The van der Waals surface area contributed by atoms with Gasteiger partial charge in [-0.3, -0.25) is 0 Å². The van der Waals surface area contributed by atoms with Gasteiger partial charge in [0, 0.05) is 0 Å². The third-order valence-corrected chi connectivity index (χ3v) is 1.10. The third kappa shape index (κ3) is 5.93. The van der Waals surface area contributed by atoms with Crippen molar-refractivity contribution in [1.29, 1.82) is 0 Å². The highest BCUT2D eigenvalue weighted by molar-refractivity contribution is 4.48. The Morgan fingerprint density at radius 3 is 2.50 bits per heavy atom. The van der Waals surface area contributed by atoms with Gasteiger partial charge in [-0.05, 0) is 13.3 Å². The normalized spacial score (nSPS) is 13.9. The Hall–Kier alpha value is -0.0700. The lowest BCUT2D eigenvalue weighted by Gasteiger charge is -1.97. The molecule has 0 heterocycles. The summed E-state index contributed by atoms with van der Waals surface area (Å²) in [6.07, 6.45) is 3.07. The van der Waals surface area contributed by atoms with E-state index in [0.29, 0.717) is 6.42 Å². The first-order valence-electron chi connectivity index (χ1n) is 3.20. The molecule has 0 spiro atoms. The molecule has 0 fully saturated rings. The predicted molar refractivity (Wildman–Crippen MR) is 34.4 cm³/mol. The van der Waals surface area contributed by atoms with Gasteiger partial charge in [0.1, 0.15) is 0 Å². The molecule has 1 heteroatoms. The van der Waals surface area contributed by atoms with Crippen LogP contribution in [0.2, 0.25) is 0 Å². The van der Waals surface area contributed by atoms with E-state index in [1.54, 1.807) is 6.92 Å². The Morgan fingerprint density at radius 1 is 1.50 bits per heavy atom. The minimum absolute atomic E-state index is 0.624. The number of alkyl halides is 1. The van der Waals surface area contributed by atoms with Crippen LogP contribution in [-0.2, 0) is 0 Å². The fourth-order valence-corrected chi connectivity index (χ4v) is 0.602. The molecule has 1 unspecified atom stereocenters. The van der Waals surface area contributed by atoms with Crippen molar-refractivity contribution in [2.45, 2.75) is 38.8 Å². The molecule has 0 saturated carbocycles. The summed E-state index contributed by atoms with van der Waals surface area (Å²) < 4.78 is 12.0. The molecule has 0 aromatic carbocycles. The second-order valence-electron chi connectivity index (χ2n) is 2.13. The SMILES string of the molecule is [CH2]CCCCC(C)F. The van der Waals surface area contributed by atoms with E-state index in [0.717, 1.165) is 19.3 Å². The maximum absolute atomic E-state index is 12.0. The molecule has 0 aromatic heterocycles. The van der Waals surface area contributed by atoms with E-state index in [-0.39, 0.29) is 0 Å². The minimum atomic E-state index is -0.624. The molecule has 1 atom stereocenters. The fraction of sp³-hybridized carbons (Fsp3) is 0.857. The smallest absolute Gasteiger partial charge is 0.0973 e. The third-order valence-electron chi connectivity index (χ3n) is 1.10. The predicted octanol–water partition coefficient (Wildman–Crippen LogP) is 2.74. The summed E-state index contributed by atoms with van der Waals surface area (Å²) in [7, 11) is 0. The zero-order valence-corrected chi connectivity index (χ0v) is 5.49. The van der Waals surface area contributed by atoms with Gasteiger partial charge in [0.05, 0.1) is 6.17 Å². The molecule has 0 bridgehead atoms. The molecule has 0 aliphatic rings. The summed E-state index contributed by atoms with van der Waals surface area (Å²) >= 11 is 0. The van der Waals surface area contributed by atoms with Gasteiger partial charge in [-0.1, -0.05) is 26.2 Å². The molecular formula is C7H14F. The maximum atomic E-state index is 12.0. The van der Waals surface area contributed by atoms with Crippen LogP contribution in [0.25, 0.3) is 0 Å². The van der Waals surface area contributed by atoms with Crippen LogP contribution >= 0.6 is 0 Å². The average Bonchev–Trinajstić information content (AvgIpc) is 1.66. The van der Waals surface area contributed by atoms with Crippen molar-refractivity contribution in [3.8, 4) is 0 Å². The molecule has 0 saturated heterocycles. The molecule has 1 radical (unpaired) electrons. The van der Waals surface area contributed by atoms with Gasteiger partial charge in [-0.25, -0.2) is 4.39 Å². The van der Waals surface area contributed by atoms with E-state index in [4.69, 9.17) is 0 Å². The summed E-state index contributed by atoms with van der Waals surface area (Å²) in [5.74, 6) is 0. The van der Waals surface area contributed by atoms with Crippen LogP contribution in [0.4, 0.5) is 4.39 Å². The molecule has 0 rings (SSSR count). The molecule has 0 aromatic rings. The largest absolute Gasteiger partial charge is 0.248 e. The van der Waals surface area contributed by atoms with Crippen molar-refractivity contribution >= 4 is 0 Å². The van der Waals surface area contributed by atoms with Crippen LogP contribution in [0.5, 0.6) is 0 Å². The Bertz CT molecular complexity index is 41.7. The molecule has 0 N–H and O–H groups in total. The fourth-order valence-electron chi connectivity index (χ4n) is 0.602. The van der Waals surface area contributed by atoms with Gasteiger partial charge in [0.25, 0.3) is 0 Å². The molecule has 0 amide bonds. The van der Waals surface area contributed by atoms with Crippen LogP contribution < -0.4 is 0 Å². The van der Waals surface area contributed by atoms with E-state index in [1.807, 2.05) is 0 Å². The summed E-state index contributed by atoms with van der Waals surface area (Å²) in [6, 6.07) is 0. The van der Waals surface area contributed by atoms with Crippen LogP contribution in [0.1, 0.15) is 32.6 Å². The lowest BCUT2D eigenvalue weighted by molar-refractivity contribution is 0.332. The number of unbranched alkanes of at least 4 members (excludes halogenated alkanes) is 2. The molecule has 49 valence electrons. The second-order valence-corrected chi connectivity index (χ2v) is 2.13. The van der Waals surface area contributed by atoms with Crippen LogP contribution in [-0.4, -0.2) is 6.17 Å². The lowest BCUT2D eigenvalue weighted by atomic mass is 10.1. The van der Waals surface area contributed by atoms with Crippen molar-refractivity contribution in [2.75, 3.05) is 0 Å². The highest BCUT2D eigenvalue weighted by Gasteiger charge is 1.94. The van der Waals surface area contributed by atoms with Crippen molar-refractivity contribution in [3.63, 3.8) is 0 Å². The molecular weight excluding hydrogens is 103 g/mol. The summed E-state index contributed by atoms with van der Waals surface area (Å²) in [6.45, 7) is 5.26. The first-order chi connectivity index (χ1) is 3.77. The molecule has 0 aliphatic carbocycles. The highest BCUT2D eigenvalue weighted by atomic mass is 19.1. The molecule has 0 nitrogen and oxygen atoms in total. The van der Waals surface area contributed by atoms with Crippen LogP contribution in [0, 0.1) is 6.92 Å². The van der Waals surface area contributed by atoms with E-state index < -0.39 is 6.17 Å². The number of rotatable bonds is 4. The second kappa shape index (κ2) is 5.07. The first-order valence-corrected chi connectivity index (χ1v) is 3.20. The quantitative estimate of drug-likeness (QED) is 0.497. The number of halogens is 1. The first kappa shape index (κ1) is 7.93. The number of hydrogen-bond donors (Lipinski definition) is 0. The van der Waals surface area contributed by atoms with E-state index >= 15 is 0 Å². The number of hydrogen-bond acceptors (Lipinski definition) is 0. The van der Waals surface area contributed by atoms with Crippen LogP contribution in [0.3, 0.4) is 0 Å². The van der Waals surface area contributed by atoms with Crippen LogP contribution in [0.15, 0.2) is 0 Å². The van der Waals surface area contributed by atoms with Crippen molar-refractivity contribution in [3.05, 3.63) is 6.92 Å². The van der Waals surface area contributed by atoms with E-state index in [1.165, 1.54) is 0 Å². The van der Waals surface area contributed by atoms with Gasteiger partial charge >= 0.3 is 0 Å². The highest BCUT2D eigenvalue weighted by Crippen LogP contribution is 2.04. The van der Waals surface area contributed by atoms with Gasteiger partial charge in [-0.2, -0.15) is 0 Å². The van der Waals surface area contributed by atoms with Gasteiger partial charge in [-0.15, -0.1) is 0 Å². The Labute approximate surface area is 51.1 Å². The summed E-state index contributed by atoms with van der Waals surface area (Å²) in [5.41, 5.74) is 0. The zero-order valence-electron chi connectivity index (χ0n) is 5.49. The molecule has 0 aliphatic heterocycles. The van der Waals surface area contributed by atoms with Gasteiger partial charge in [0.2, 0.25) is 0 Å². The molecule has 8 heavy (non-hydrogen) atoms. The van der Waals surface area contributed by atoms with Crippen molar-refractivity contribution in [2.24, 2.45) is 0 Å². The minimum Gasteiger partial charge on any atom is -0.248 e. The lowest BCUT2D eigenvalue weighted by Crippen LogP contribution is -1.90. The summed E-state index contributed by atoms with van der Waals surface area (Å²) in [4.78, 5) is 0. The summed E-state index contributed by atoms with van der Waals surface area (Å²) in [5, 5.41) is 0. The van der Waals surface area contributed by atoms with Gasteiger partial charge in [0.15, 0.2) is 0 Å². The standard InChI is InChI=1S/C7H14F/c1-3-4-5-6-7(2)8/h7H,1,3-6H2,2H3. The zero-order chi connectivity index (χ0) is 6.41. The van der Waals surface area contributed by atoms with E-state index in [2.05, 4.69) is 6.92 Å². The average molecular weight is 117 g/mol. The monoisotopic (exact) mass is 117 g/mol. The Kier molecular flexibility index (Phi) is 5.03. The van der Waals surface area contributed by atoms with Gasteiger partial charge < -0.3 is 0 Å². The van der Waals surface area contributed by atoms with E-state index in [9.17, 15) is 4.39 Å².